The van der Waals surface area contributed by atoms with Crippen molar-refractivity contribution < 1.29 is 0 Å². The topological polar surface area (TPSA) is 9.86 Å². The maximum absolute atomic E-state index is 2.46. The molecule has 0 aliphatic carbocycles. The van der Waals surface area contributed by atoms with E-state index in [0.717, 1.165) is 34.2 Å². The lowest BCUT2D eigenvalue weighted by Gasteiger charge is -2.22. The largest absolute Gasteiger partial charge is 0.309 e. The molecule has 0 bridgehead atoms. The first-order valence-corrected chi connectivity index (χ1v) is 25.1. The Hall–Kier alpha value is -9.02. The molecule has 2 nitrogen and oxygen atoms in total. The maximum Gasteiger partial charge on any atom is 0.0535 e. The summed E-state index contributed by atoms with van der Waals surface area (Å²) in [4.78, 5) is 0. The van der Waals surface area contributed by atoms with Gasteiger partial charge in [-0.25, -0.2) is 0 Å². The predicted octanol–water partition coefficient (Wildman–Crippen LogP) is 19.1. The van der Waals surface area contributed by atoms with E-state index < -0.39 is 0 Å². The lowest BCUT2D eigenvalue weighted by atomic mass is 9.84. The fourth-order valence-corrected chi connectivity index (χ4v) is 12.2. The van der Waals surface area contributed by atoms with Crippen LogP contribution in [-0.2, 0) is 0 Å². The Kier molecular flexibility index (Phi) is 9.75. The average Bonchev–Trinajstić information content (AvgIpc) is 4.19. The van der Waals surface area contributed by atoms with Crippen LogP contribution in [0.3, 0.4) is 0 Å². The first-order valence-electron chi connectivity index (χ1n) is 24.3. The van der Waals surface area contributed by atoms with Crippen molar-refractivity contribution >= 4 is 63.8 Å². The Morgan fingerprint density at radius 3 is 1.14 bits per heavy atom. The van der Waals surface area contributed by atoms with E-state index in [9.17, 15) is 0 Å². The Morgan fingerprint density at radius 2 is 0.634 bits per heavy atom. The zero-order chi connectivity index (χ0) is 46.8. The molecule has 332 valence electrons. The highest BCUT2D eigenvalue weighted by molar-refractivity contribution is 7.25. The summed E-state index contributed by atoms with van der Waals surface area (Å²) < 4.78 is 7.50. The fraction of sp³-hybridized carbons (Fsp3) is 0. The highest BCUT2D eigenvalue weighted by atomic mass is 32.1. The minimum absolute atomic E-state index is 1.11. The van der Waals surface area contributed by atoms with Crippen LogP contribution in [0.2, 0.25) is 0 Å². The fourth-order valence-electron chi connectivity index (χ4n) is 11.1. The van der Waals surface area contributed by atoms with Crippen molar-refractivity contribution in [2.24, 2.45) is 0 Å². The van der Waals surface area contributed by atoms with Crippen LogP contribution in [0.15, 0.2) is 267 Å². The number of benzene rings is 11. The van der Waals surface area contributed by atoms with E-state index in [-0.39, 0.29) is 0 Å². The summed E-state index contributed by atoms with van der Waals surface area (Å²) in [5, 5.41) is 9.82. The zero-order valence-corrected chi connectivity index (χ0v) is 39.5. The number of hydrogen-bond acceptors (Lipinski definition) is 1. The molecule has 0 aliphatic rings. The minimum Gasteiger partial charge on any atom is -0.309 e. The normalized spacial score (nSPS) is 11.7. The molecule has 0 amide bonds. The van der Waals surface area contributed by atoms with E-state index in [1.807, 2.05) is 11.3 Å². The summed E-state index contributed by atoms with van der Waals surface area (Å²) in [5.41, 5.74) is 16.3. The molecule has 14 aromatic rings. The molecule has 71 heavy (non-hydrogen) atoms. The van der Waals surface area contributed by atoms with Crippen molar-refractivity contribution in [3.8, 4) is 78.7 Å². The van der Waals surface area contributed by atoms with Crippen molar-refractivity contribution in [3.63, 3.8) is 0 Å². The molecule has 3 aromatic heterocycles. The van der Waals surface area contributed by atoms with Crippen molar-refractivity contribution in [3.05, 3.63) is 267 Å². The van der Waals surface area contributed by atoms with Crippen molar-refractivity contribution in [2.75, 3.05) is 0 Å². The molecule has 11 aromatic carbocycles. The second kappa shape index (κ2) is 16.9. The van der Waals surface area contributed by atoms with Gasteiger partial charge in [0.2, 0.25) is 0 Å². The molecule has 0 unspecified atom stereocenters. The Balaban J connectivity index is 1.12. The molecular weight excluding hydrogens is 877 g/mol. The lowest BCUT2D eigenvalue weighted by molar-refractivity contribution is 1.10. The van der Waals surface area contributed by atoms with Gasteiger partial charge >= 0.3 is 0 Å². The Morgan fingerprint density at radius 1 is 0.225 bits per heavy atom. The van der Waals surface area contributed by atoms with Gasteiger partial charge in [0.1, 0.15) is 0 Å². The quantitative estimate of drug-likeness (QED) is 0.134. The first-order chi connectivity index (χ1) is 35.2. The number of hydrogen-bond donors (Lipinski definition) is 0. The van der Waals surface area contributed by atoms with Crippen molar-refractivity contribution in [1.29, 1.82) is 0 Å². The van der Waals surface area contributed by atoms with Gasteiger partial charge in [-0.3, -0.25) is 0 Å². The van der Waals surface area contributed by atoms with Gasteiger partial charge in [0.05, 0.1) is 22.8 Å². The van der Waals surface area contributed by atoms with Gasteiger partial charge in [-0.15, -0.1) is 11.3 Å². The Bertz CT molecular complexity index is 4200. The smallest absolute Gasteiger partial charge is 0.0535 e. The highest BCUT2D eigenvalue weighted by Crippen LogP contribution is 2.48. The third-order valence-electron chi connectivity index (χ3n) is 14.3. The van der Waals surface area contributed by atoms with Gasteiger partial charge in [-0.05, 0) is 150 Å². The predicted molar refractivity (Wildman–Crippen MR) is 303 cm³/mol. The third kappa shape index (κ3) is 6.93. The summed E-state index contributed by atoms with van der Waals surface area (Å²) >= 11 is 1.87. The van der Waals surface area contributed by atoms with E-state index in [0.29, 0.717) is 0 Å². The monoisotopic (exact) mass is 920 g/mol. The molecule has 3 heterocycles. The minimum atomic E-state index is 1.11. The average molecular weight is 921 g/mol. The summed E-state index contributed by atoms with van der Waals surface area (Å²) in [7, 11) is 0. The Labute approximate surface area is 416 Å². The van der Waals surface area contributed by atoms with E-state index in [2.05, 4.69) is 276 Å². The molecule has 0 fully saturated rings. The van der Waals surface area contributed by atoms with Gasteiger partial charge in [0.15, 0.2) is 0 Å². The molecular formula is C68H44N2S. The van der Waals surface area contributed by atoms with E-state index in [1.54, 1.807) is 0 Å². The number of nitrogens with zero attached hydrogens (tertiary/aromatic N) is 2. The molecule has 0 atom stereocenters. The van der Waals surface area contributed by atoms with Crippen LogP contribution in [0, 0.1) is 0 Å². The number of rotatable bonds is 8. The SMILES string of the molecule is c1ccc(-c2ccc(-c3ccccc3)n2-c2ccc3c(-c4ccc5sc6ccccc6c5c4)c4cc(-n5c(-c6ccccc6)ccc5-c5ccccc5)ccc4c(-c4ccc5ccccc5c4)c3c2)cc1. The molecule has 0 saturated carbocycles. The van der Waals surface area contributed by atoms with Crippen molar-refractivity contribution in [1.82, 2.24) is 9.13 Å². The molecule has 0 N–H and O–H groups in total. The molecule has 3 heteroatoms. The van der Waals surface area contributed by atoms with Crippen LogP contribution in [0.25, 0.3) is 131 Å². The summed E-state index contributed by atoms with van der Waals surface area (Å²) in [5.74, 6) is 0. The third-order valence-corrected chi connectivity index (χ3v) is 15.5. The number of aromatic nitrogens is 2. The van der Waals surface area contributed by atoms with Gasteiger partial charge < -0.3 is 9.13 Å². The van der Waals surface area contributed by atoms with Crippen LogP contribution in [0.1, 0.15) is 0 Å². The number of fused-ring (bicyclic) bond motifs is 6. The van der Waals surface area contributed by atoms with Crippen LogP contribution < -0.4 is 0 Å². The highest BCUT2D eigenvalue weighted by Gasteiger charge is 2.23. The van der Waals surface area contributed by atoms with Gasteiger partial charge in [0, 0.05) is 31.5 Å². The molecule has 0 spiro atoms. The van der Waals surface area contributed by atoms with E-state index in [4.69, 9.17) is 0 Å². The van der Waals surface area contributed by atoms with Crippen LogP contribution in [-0.4, -0.2) is 9.13 Å². The van der Waals surface area contributed by atoms with Crippen LogP contribution in [0.5, 0.6) is 0 Å². The molecule has 0 aliphatic heterocycles. The van der Waals surface area contributed by atoms with E-state index >= 15 is 0 Å². The molecule has 0 radical (unpaired) electrons. The lowest BCUT2D eigenvalue weighted by Crippen LogP contribution is -2.02. The maximum atomic E-state index is 2.46. The first kappa shape index (κ1) is 41.0. The second-order valence-corrected chi connectivity index (χ2v) is 19.5. The van der Waals surface area contributed by atoms with E-state index in [1.165, 1.54) is 97.0 Å². The van der Waals surface area contributed by atoms with Crippen LogP contribution >= 0.6 is 11.3 Å². The van der Waals surface area contributed by atoms with Gasteiger partial charge in [-0.1, -0.05) is 194 Å². The standard InChI is InChI=1S/C68H44N2S/c1-5-18-46(19-6-1)61-36-37-62(47-20-7-2-8-21-47)69(61)53-33-35-57-59(43-53)67(51-30-29-45-17-13-14-26-50(45)41-51)56-34-32-54(70-63(48-22-9-3-10-23-48)38-39-64(70)49-24-11-4-12-25-49)44-60(56)68(57)52-31-40-66-58(42-52)55-27-15-16-28-65(55)71-66/h1-44H. The summed E-state index contributed by atoms with van der Waals surface area (Å²) in [6.07, 6.45) is 0. The zero-order valence-electron chi connectivity index (χ0n) is 38.7. The number of thiophene rings is 1. The second-order valence-electron chi connectivity index (χ2n) is 18.4. The van der Waals surface area contributed by atoms with Gasteiger partial charge in [0.25, 0.3) is 0 Å². The molecule has 0 saturated heterocycles. The summed E-state index contributed by atoms with van der Waals surface area (Å²) in [6, 6.07) is 98.4. The summed E-state index contributed by atoms with van der Waals surface area (Å²) in [6.45, 7) is 0. The van der Waals surface area contributed by atoms with Crippen LogP contribution in [0.4, 0.5) is 0 Å². The van der Waals surface area contributed by atoms with Gasteiger partial charge in [-0.2, -0.15) is 0 Å². The van der Waals surface area contributed by atoms with Crippen molar-refractivity contribution in [2.45, 2.75) is 0 Å². The molecule has 14 rings (SSSR count).